The zero-order valence-corrected chi connectivity index (χ0v) is 8.78. The molecule has 0 saturated heterocycles. The van der Waals surface area contributed by atoms with Crippen LogP contribution in [0, 0.1) is 0 Å². The van der Waals surface area contributed by atoms with E-state index >= 15 is 0 Å². The van der Waals surface area contributed by atoms with Crippen molar-refractivity contribution in [2.75, 3.05) is 13.2 Å². The van der Waals surface area contributed by atoms with Crippen molar-refractivity contribution >= 4 is 0 Å². The van der Waals surface area contributed by atoms with Gasteiger partial charge in [-0.3, -0.25) is 0 Å². The van der Waals surface area contributed by atoms with Gasteiger partial charge in [-0.05, 0) is 38.6 Å². The Labute approximate surface area is 88.0 Å². The van der Waals surface area contributed by atoms with Gasteiger partial charge in [0.25, 0.3) is 0 Å². The van der Waals surface area contributed by atoms with E-state index in [9.17, 15) is 13.2 Å². The molecule has 0 atom stereocenters. The molecule has 1 aliphatic carbocycles. The quantitative estimate of drug-likeness (QED) is 0.705. The highest BCUT2D eigenvalue weighted by Crippen LogP contribution is 2.38. The molecule has 2 nitrogen and oxygen atoms in total. The monoisotopic (exact) mass is 225 g/mol. The number of nitrogens with two attached hydrogens (primary N) is 1. The van der Waals surface area contributed by atoms with Crippen molar-refractivity contribution in [1.29, 1.82) is 0 Å². The average molecular weight is 225 g/mol. The molecule has 0 amide bonds. The first-order valence-electron chi connectivity index (χ1n) is 5.38. The molecule has 2 N–H and O–H groups in total. The van der Waals surface area contributed by atoms with E-state index in [-0.39, 0.29) is 18.6 Å². The van der Waals surface area contributed by atoms with E-state index in [1.54, 1.807) is 0 Å². The van der Waals surface area contributed by atoms with Gasteiger partial charge in [-0.2, -0.15) is 13.2 Å². The van der Waals surface area contributed by atoms with Crippen molar-refractivity contribution in [1.82, 2.24) is 0 Å². The van der Waals surface area contributed by atoms with Crippen LogP contribution in [0.4, 0.5) is 13.2 Å². The third-order valence-electron chi connectivity index (χ3n) is 2.88. The van der Waals surface area contributed by atoms with Gasteiger partial charge in [-0.1, -0.05) is 0 Å². The molecule has 0 aliphatic heterocycles. The van der Waals surface area contributed by atoms with E-state index in [1.807, 2.05) is 0 Å². The number of hydrogen-bond donors (Lipinski definition) is 1. The molecule has 0 bridgehead atoms. The first-order valence-corrected chi connectivity index (χ1v) is 5.38. The molecule has 1 saturated carbocycles. The number of hydrogen-bond acceptors (Lipinski definition) is 2. The van der Waals surface area contributed by atoms with E-state index in [0.717, 1.165) is 25.7 Å². The maximum absolute atomic E-state index is 11.8. The lowest BCUT2D eigenvalue weighted by molar-refractivity contribution is -0.148. The average Bonchev–Trinajstić information content (AvgIpc) is 2.06. The molecule has 0 spiro atoms. The van der Waals surface area contributed by atoms with E-state index in [1.165, 1.54) is 0 Å². The Balaban J connectivity index is 2.13. The van der Waals surface area contributed by atoms with Crippen LogP contribution in [0.2, 0.25) is 0 Å². The molecule has 90 valence electrons. The van der Waals surface area contributed by atoms with Crippen LogP contribution in [0.3, 0.4) is 0 Å². The predicted octanol–water partition coefficient (Wildman–Crippen LogP) is 2.62. The zero-order valence-electron chi connectivity index (χ0n) is 8.78. The van der Waals surface area contributed by atoms with Crippen LogP contribution in [0.5, 0.6) is 0 Å². The fourth-order valence-electron chi connectivity index (χ4n) is 1.86. The molecule has 0 radical (unpaired) electrons. The van der Waals surface area contributed by atoms with Gasteiger partial charge < -0.3 is 10.5 Å². The Morgan fingerprint density at radius 1 is 1.27 bits per heavy atom. The standard InChI is InChI=1S/C10H18F3NO/c11-10(12,13)5-2-8-15-9(6-7-14)3-1-4-9/h1-8,14H2. The summed E-state index contributed by atoms with van der Waals surface area (Å²) in [7, 11) is 0. The lowest BCUT2D eigenvalue weighted by Gasteiger charge is -2.41. The van der Waals surface area contributed by atoms with Crippen LogP contribution >= 0.6 is 0 Å². The minimum atomic E-state index is -4.07. The summed E-state index contributed by atoms with van der Waals surface area (Å²) in [6, 6.07) is 0. The lowest BCUT2D eigenvalue weighted by atomic mass is 9.77. The predicted molar refractivity (Wildman–Crippen MR) is 51.5 cm³/mol. The summed E-state index contributed by atoms with van der Waals surface area (Å²) in [6.07, 6.45) is -1.03. The summed E-state index contributed by atoms with van der Waals surface area (Å²) in [5, 5.41) is 0. The van der Waals surface area contributed by atoms with Crippen LogP contribution < -0.4 is 5.73 Å². The number of rotatable bonds is 6. The normalized spacial score (nSPS) is 20.0. The van der Waals surface area contributed by atoms with Gasteiger partial charge >= 0.3 is 6.18 Å². The third kappa shape index (κ3) is 4.38. The Morgan fingerprint density at radius 2 is 1.93 bits per heavy atom. The molecule has 0 heterocycles. The minimum Gasteiger partial charge on any atom is -0.375 e. The lowest BCUT2D eigenvalue weighted by Crippen LogP contribution is -2.42. The van der Waals surface area contributed by atoms with Crippen molar-refractivity contribution in [3.63, 3.8) is 0 Å². The molecule has 0 aromatic carbocycles. The highest BCUT2D eigenvalue weighted by Gasteiger charge is 2.37. The number of alkyl halides is 3. The molecule has 1 fully saturated rings. The van der Waals surface area contributed by atoms with Gasteiger partial charge in [0.05, 0.1) is 5.60 Å². The fourth-order valence-corrected chi connectivity index (χ4v) is 1.86. The van der Waals surface area contributed by atoms with Gasteiger partial charge in [-0.15, -0.1) is 0 Å². The van der Waals surface area contributed by atoms with Gasteiger partial charge in [0, 0.05) is 13.0 Å². The Bertz CT molecular complexity index is 190. The molecule has 0 unspecified atom stereocenters. The molecule has 1 aliphatic rings. The summed E-state index contributed by atoms with van der Waals surface area (Å²) >= 11 is 0. The fraction of sp³-hybridized carbons (Fsp3) is 1.00. The molecule has 1 rings (SSSR count). The maximum Gasteiger partial charge on any atom is 0.389 e. The van der Waals surface area contributed by atoms with Crippen molar-refractivity contribution < 1.29 is 17.9 Å². The Morgan fingerprint density at radius 3 is 2.33 bits per heavy atom. The van der Waals surface area contributed by atoms with Crippen LogP contribution in [0.1, 0.15) is 38.5 Å². The first kappa shape index (κ1) is 12.8. The zero-order chi connectivity index (χ0) is 11.4. The van der Waals surface area contributed by atoms with E-state index in [4.69, 9.17) is 10.5 Å². The summed E-state index contributed by atoms with van der Waals surface area (Å²) in [4.78, 5) is 0. The molecule has 5 heteroatoms. The smallest absolute Gasteiger partial charge is 0.375 e. The second-order valence-electron chi connectivity index (χ2n) is 4.14. The highest BCUT2D eigenvalue weighted by atomic mass is 19.4. The third-order valence-corrected chi connectivity index (χ3v) is 2.88. The molecule has 0 aromatic heterocycles. The number of ether oxygens (including phenoxy) is 1. The highest BCUT2D eigenvalue weighted by molar-refractivity contribution is 4.89. The largest absolute Gasteiger partial charge is 0.389 e. The SMILES string of the molecule is NCCC1(OCCCC(F)(F)F)CCC1. The van der Waals surface area contributed by atoms with Crippen LogP contribution in [-0.4, -0.2) is 24.9 Å². The van der Waals surface area contributed by atoms with E-state index in [0.29, 0.717) is 6.54 Å². The van der Waals surface area contributed by atoms with Gasteiger partial charge in [-0.25, -0.2) is 0 Å². The van der Waals surface area contributed by atoms with Crippen molar-refractivity contribution in [3.05, 3.63) is 0 Å². The van der Waals surface area contributed by atoms with Crippen molar-refractivity contribution in [2.24, 2.45) is 5.73 Å². The van der Waals surface area contributed by atoms with E-state index in [2.05, 4.69) is 0 Å². The van der Waals surface area contributed by atoms with Crippen LogP contribution in [-0.2, 0) is 4.74 Å². The summed E-state index contributed by atoms with van der Waals surface area (Å²) < 4.78 is 41.1. The Hall–Kier alpha value is -0.290. The topological polar surface area (TPSA) is 35.2 Å². The summed E-state index contributed by atoms with van der Waals surface area (Å²) in [5.41, 5.74) is 5.24. The molecular weight excluding hydrogens is 207 g/mol. The summed E-state index contributed by atoms with van der Waals surface area (Å²) in [5.74, 6) is 0. The molecule has 0 aromatic rings. The second kappa shape index (κ2) is 5.16. The van der Waals surface area contributed by atoms with Gasteiger partial charge in [0.1, 0.15) is 0 Å². The van der Waals surface area contributed by atoms with Crippen molar-refractivity contribution in [2.45, 2.75) is 50.3 Å². The second-order valence-corrected chi connectivity index (χ2v) is 4.14. The van der Waals surface area contributed by atoms with Gasteiger partial charge in [0.15, 0.2) is 0 Å². The summed E-state index contributed by atoms with van der Waals surface area (Å²) in [6.45, 7) is 0.735. The maximum atomic E-state index is 11.8. The van der Waals surface area contributed by atoms with Gasteiger partial charge in [0.2, 0.25) is 0 Å². The molecular formula is C10H18F3NO. The molecule has 15 heavy (non-hydrogen) atoms. The first-order chi connectivity index (χ1) is 6.97. The Kier molecular flexibility index (Phi) is 4.40. The van der Waals surface area contributed by atoms with Crippen molar-refractivity contribution in [3.8, 4) is 0 Å². The van der Waals surface area contributed by atoms with Crippen LogP contribution in [0.15, 0.2) is 0 Å². The minimum absolute atomic E-state index is 0.0514. The van der Waals surface area contributed by atoms with Crippen LogP contribution in [0.25, 0.3) is 0 Å². The van der Waals surface area contributed by atoms with E-state index < -0.39 is 12.6 Å². The number of halogens is 3.